The van der Waals surface area contributed by atoms with Gasteiger partial charge in [-0.2, -0.15) is 8.42 Å². The third kappa shape index (κ3) is 2.61. The molecule has 0 rings (SSSR count). The number of hydrogen-bond acceptors (Lipinski definition) is 4. The molecule has 0 saturated carbocycles. The van der Waals surface area contributed by atoms with E-state index in [9.17, 15) is 8.42 Å². The monoisotopic (exact) mass is 170 g/mol. The fraction of sp³-hybridized carbons (Fsp3) is 1.00. The smallest absolute Gasteiger partial charge is 0.272 e. The molecule has 0 heterocycles. The first-order chi connectivity index (χ1) is 4.39. The van der Waals surface area contributed by atoms with Gasteiger partial charge in [0.25, 0.3) is 10.1 Å². The van der Waals surface area contributed by atoms with Crippen LogP contribution in [0.2, 0.25) is 0 Å². The highest BCUT2D eigenvalue weighted by atomic mass is 32.2. The summed E-state index contributed by atoms with van der Waals surface area (Å²) >= 11 is 0. The summed E-state index contributed by atoms with van der Waals surface area (Å²) in [6.07, 6.45) is -2.05. The molecular weight excluding hydrogens is 160 g/mol. The average Bonchev–Trinajstić information content (AvgIpc) is 1.60. The normalized spacial score (nSPS) is 15.7. The lowest BCUT2D eigenvalue weighted by Gasteiger charge is -2.12. The van der Waals surface area contributed by atoms with Crippen LogP contribution in [0.4, 0.5) is 0 Å². The van der Waals surface area contributed by atoms with Crippen LogP contribution in [0.1, 0.15) is 13.3 Å². The number of hydrogen-bond donors (Lipinski definition) is 3. The van der Waals surface area contributed by atoms with Crippen LogP contribution in [-0.4, -0.2) is 34.7 Å². The average molecular weight is 170 g/mol. The predicted octanol–water partition coefficient (Wildman–Crippen LogP) is -1.04. The van der Waals surface area contributed by atoms with Crippen LogP contribution in [0.15, 0.2) is 0 Å². The molecule has 0 amide bonds. The first kappa shape index (κ1) is 9.83. The molecule has 3 N–H and O–H groups in total. The van der Waals surface area contributed by atoms with E-state index in [2.05, 4.69) is 0 Å². The summed E-state index contributed by atoms with van der Waals surface area (Å²) in [5, 5.41) is 15.2. The van der Waals surface area contributed by atoms with E-state index in [1.165, 1.54) is 6.92 Å². The molecule has 0 aliphatic carbocycles. The van der Waals surface area contributed by atoms with Gasteiger partial charge in [0.1, 0.15) is 5.25 Å². The van der Waals surface area contributed by atoms with Crippen LogP contribution in [0, 0.1) is 0 Å². The predicted molar refractivity (Wildman–Crippen MR) is 33.9 cm³/mol. The minimum absolute atomic E-state index is 0.0312. The van der Waals surface area contributed by atoms with E-state index in [0.717, 1.165) is 0 Å². The van der Waals surface area contributed by atoms with Crippen LogP contribution >= 0.6 is 0 Å². The highest BCUT2D eigenvalue weighted by molar-refractivity contribution is 7.86. The van der Waals surface area contributed by atoms with Gasteiger partial charge in [-0.05, 0) is 6.42 Å². The molecule has 6 heteroatoms. The Bertz CT molecular complexity index is 182. The van der Waals surface area contributed by atoms with Crippen molar-refractivity contribution in [2.45, 2.75) is 24.9 Å². The SMILES string of the molecule is CCC(C(O)O)S(=O)(=O)O. The van der Waals surface area contributed by atoms with Gasteiger partial charge in [-0.1, -0.05) is 6.92 Å². The van der Waals surface area contributed by atoms with Gasteiger partial charge in [0.05, 0.1) is 0 Å². The molecule has 0 aliphatic rings. The molecule has 10 heavy (non-hydrogen) atoms. The fourth-order valence-corrected chi connectivity index (χ4v) is 1.30. The second kappa shape index (κ2) is 3.29. The van der Waals surface area contributed by atoms with Crippen LogP contribution in [0.3, 0.4) is 0 Å². The molecule has 0 radical (unpaired) electrons. The van der Waals surface area contributed by atoms with Crippen LogP contribution < -0.4 is 0 Å². The highest BCUT2D eigenvalue weighted by Crippen LogP contribution is 2.06. The van der Waals surface area contributed by atoms with Crippen molar-refractivity contribution in [3.63, 3.8) is 0 Å². The molecule has 62 valence electrons. The topological polar surface area (TPSA) is 94.8 Å². The molecular formula is C4H10O5S. The van der Waals surface area contributed by atoms with Gasteiger partial charge in [-0.25, -0.2) is 0 Å². The van der Waals surface area contributed by atoms with Gasteiger partial charge in [-0.3, -0.25) is 4.55 Å². The van der Waals surface area contributed by atoms with Crippen LogP contribution in [0.25, 0.3) is 0 Å². The first-order valence-electron chi connectivity index (χ1n) is 2.72. The Balaban J connectivity index is 4.38. The van der Waals surface area contributed by atoms with Crippen molar-refractivity contribution in [2.75, 3.05) is 0 Å². The summed E-state index contributed by atoms with van der Waals surface area (Å²) in [5.74, 6) is 0. The molecule has 1 atom stereocenters. The lowest BCUT2D eigenvalue weighted by Crippen LogP contribution is -2.32. The highest BCUT2D eigenvalue weighted by Gasteiger charge is 2.27. The zero-order valence-electron chi connectivity index (χ0n) is 5.43. The Labute approximate surface area is 59.1 Å². The van der Waals surface area contributed by atoms with E-state index in [0.29, 0.717) is 0 Å². The Morgan fingerprint density at radius 1 is 1.40 bits per heavy atom. The molecule has 0 bridgehead atoms. The zero-order valence-corrected chi connectivity index (χ0v) is 6.24. The van der Waals surface area contributed by atoms with Gasteiger partial charge in [0.2, 0.25) is 0 Å². The summed E-state index contributed by atoms with van der Waals surface area (Å²) in [4.78, 5) is 0. The van der Waals surface area contributed by atoms with E-state index in [1.54, 1.807) is 0 Å². The Kier molecular flexibility index (Phi) is 3.23. The van der Waals surface area contributed by atoms with Gasteiger partial charge < -0.3 is 10.2 Å². The maximum Gasteiger partial charge on any atom is 0.272 e. The minimum Gasteiger partial charge on any atom is -0.367 e. The third-order valence-corrected chi connectivity index (χ3v) is 2.46. The number of aliphatic hydroxyl groups excluding tert-OH is 1. The molecule has 0 aromatic rings. The molecule has 0 aromatic carbocycles. The van der Waals surface area contributed by atoms with Crippen molar-refractivity contribution in [3.05, 3.63) is 0 Å². The molecule has 0 saturated heterocycles. The lowest BCUT2D eigenvalue weighted by atomic mass is 10.3. The van der Waals surface area contributed by atoms with Crippen LogP contribution in [0.5, 0.6) is 0 Å². The van der Waals surface area contributed by atoms with E-state index in [4.69, 9.17) is 14.8 Å². The molecule has 0 aromatic heterocycles. The second-order valence-electron chi connectivity index (χ2n) is 1.88. The van der Waals surface area contributed by atoms with Crippen molar-refractivity contribution in [2.24, 2.45) is 0 Å². The maximum atomic E-state index is 10.2. The van der Waals surface area contributed by atoms with E-state index < -0.39 is 21.7 Å². The number of aliphatic hydroxyl groups is 2. The van der Waals surface area contributed by atoms with Crippen molar-refractivity contribution in [3.8, 4) is 0 Å². The summed E-state index contributed by atoms with van der Waals surface area (Å²) in [7, 11) is -4.31. The standard InChI is InChI=1S/C4H10O5S/c1-2-3(4(5)6)10(7,8)9/h3-6H,2H2,1H3,(H,7,8,9). The van der Waals surface area contributed by atoms with E-state index in [1.807, 2.05) is 0 Å². The van der Waals surface area contributed by atoms with Crippen molar-refractivity contribution in [1.29, 1.82) is 0 Å². The molecule has 1 unspecified atom stereocenters. The summed E-state index contributed by atoms with van der Waals surface area (Å²) in [5.41, 5.74) is 0. The Morgan fingerprint density at radius 2 is 1.80 bits per heavy atom. The van der Waals surface area contributed by atoms with E-state index >= 15 is 0 Å². The van der Waals surface area contributed by atoms with Crippen molar-refractivity contribution < 1.29 is 23.2 Å². The first-order valence-corrected chi connectivity index (χ1v) is 4.22. The van der Waals surface area contributed by atoms with Crippen molar-refractivity contribution in [1.82, 2.24) is 0 Å². The maximum absolute atomic E-state index is 10.2. The summed E-state index contributed by atoms with van der Waals surface area (Å²) in [6, 6.07) is 0. The molecule has 0 fully saturated rings. The Hall–Kier alpha value is -0.170. The molecule has 0 aliphatic heterocycles. The molecule has 0 spiro atoms. The fourth-order valence-electron chi connectivity index (χ4n) is 0.575. The zero-order chi connectivity index (χ0) is 8.36. The van der Waals surface area contributed by atoms with Crippen molar-refractivity contribution >= 4 is 10.1 Å². The lowest BCUT2D eigenvalue weighted by molar-refractivity contribution is -0.0434. The van der Waals surface area contributed by atoms with E-state index in [-0.39, 0.29) is 6.42 Å². The summed E-state index contributed by atoms with van der Waals surface area (Å²) in [6.45, 7) is 1.43. The molecule has 5 nitrogen and oxygen atoms in total. The second-order valence-corrected chi connectivity index (χ2v) is 3.51. The Morgan fingerprint density at radius 3 is 1.80 bits per heavy atom. The van der Waals surface area contributed by atoms with Gasteiger partial charge >= 0.3 is 0 Å². The van der Waals surface area contributed by atoms with Gasteiger partial charge in [0, 0.05) is 0 Å². The summed E-state index contributed by atoms with van der Waals surface area (Å²) < 4.78 is 28.8. The largest absolute Gasteiger partial charge is 0.367 e. The van der Waals surface area contributed by atoms with Crippen LogP contribution in [-0.2, 0) is 10.1 Å². The van der Waals surface area contributed by atoms with Gasteiger partial charge in [0.15, 0.2) is 6.29 Å². The quantitative estimate of drug-likeness (QED) is 0.371. The van der Waals surface area contributed by atoms with Gasteiger partial charge in [-0.15, -0.1) is 0 Å². The third-order valence-electron chi connectivity index (χ3n) is 1.12. The minimum atomic E-state index is -4.31. The number of rotatable bonds is 3.